The Hall–Kier alpha value is -0.990. The summed E-state index contributed by atoms with van der Waals surface area (Å²) in [5, 5.41) is 3.32. The number of nitrogens with one attached hydrogen (secondary N) is 1. The zero-order valence-electron chi connectivity index (χ0n) is 6.51. The molecule has 0 spiro atoms. The minimum absolute atomic E-state index is 0.611. The SMILES string of the molecule is NC1=CCCC2CCN=C1N2. The first kappa shape index (κ1) is 6.70. The van der Waals surface area contributed by atoms with E-state index in [0.717, 1.165) is 30.9 Å². The van der Waals surface area contributed by atoms with E-state index in [0.29, 0.717) is 6.04 Å². The Morgan fingerprint density at radius 3 is 3.36 bits per heavy atom. The van der Waals surface area contributed by atoms with Crippen molar-refractivity contribution in [3.63, 3.8) is 0 Å². The summed E-state index contributed by atoms with van der Waals surface area (Å²) in [6, 6.07) is 0.611. The lowest BCUT2D eigenvalue weighted by Gasteiger charge is -2.21. The smallest absolute Gasteiger partial charge is 0.144 e. The van der Waals surface area contributed by atoms with E-state index in [9.17, 15) is 0 Å². The predicted octanol–water partition coefficient (Wildman–Crippen LogP) is 0.383. The summed E-state index contributed by atoms with van der Waals surface area (Å²) in [5.74, 6) is 0.916. The van der Waals surface area contributed by atoms with Crippen molar-refractivity contribution in [2.24, 2.45) is 10.7 Å². The number of allylic oxidation sites excluding steroid dienone is 1. The van der Waals surface area contributed by atoms with E-state index in [1.807, 2.05) is 0 Å². The zero-order chi connectivity index (χ0) is 7.68. The summed E-state index contributed by atoms with van der Waals surface area (Å²) in [6.45, 7) is 0.932. The number of nitrogens with zero attached hydrogens (tertiary/aromatic N) is 1. The fourth-order valence-electron chi connectivity index (χ4n) is 1.57. The second-order valence-corrected chi connectivity index (χ2v) is 3.10. The summed E-state index contributed by atoms with van der Waals surface area (Å²) in [7, 11) is 0. The highest BCUT2D eigenvalue weighted by molar-refractivity contribution is 5.98. The van der Waals surface area contributed by atoms with Gasteiger partial charge in [0.2, 0.25) is 0 Å². The first-order chi connectivity index (χ1) is 5.36. The second kappa shape index (κ2) is 2.57. The fourth-order valence-corrected chi connectivity index (χ4v) is 1.57. The molecule has 1 atom stereocenters. The molecule has 0 amide bonds. The molecular weight excluding hydrogens is 138 g/mol. The Balaban J connectivity index is 2.25. The number of fused-ring (bicyclic) bond motifs is 2. The summed E-state index contributed by atoms with van der Waals surface area (Å²) in [4.78, 5) is 4.30. The third kappa shape index (κ3) is 1.23. The molecule has 3 N–H and O–H groups in total. The van der Waals surface area contributed by atoms with E-state index < -0.39 is 0 Å². The molecule has 0 aromatic rings. The van der Waals surface area contributed by atoms with Crippen LogP contribution in [0.15, 0.2) is 16.8 Å². The van der Waals surface area contributed by atoms with Crippen LogP contribution in [0.3, 0.4) is 0 Å². The number of nitrogens with two attached hydrogens (primary N) is 1. The first-order valence-corrected chi connectivity index (χ1v) is 4.13. The molecule has 2 aliphatic heterocycles. The molecule has 2 rings (SSSR count). The molecule has 0 aromatic heterocycles. The van der Waals surface area contributed by atoms with Crippen LogP contribution in [-0.2, 0) is 0 Å². The molecule has 1 unspecified atom stereocenters. The monoisotopic (exact) mass is 151 g/mol. The Labute approximate surface area is 66.4 Å². The maximum absolute atomic E-state index is 5.75. The van der Waals surface area contributed by atoms with Crippen LogP contribution in [0.2, 0.25) is 0 Å². The van der Waals surface area contributed by atoms with Crippen molar-refractivity contribution in [3.8, 4) is 0 Å². The van der Waals surface area contributed by atoms with Gasteiger partial charge in [0.15, 0.2) is 0 Å². The molecule has 60 valence electrons. The van der Waals surface area contributed by atoms with Gasteiger partial charge in [0.05, 0.1) is 5.70 Å². The number of hydrogen-bond donors (Lipinski definition) is 2. The minimum Gasteiger partial charge on any atom is -0.396 e. The van der Waals surface area contributed by atoms with Crippen LogP contribution < -0.4 is 11.1 Å². The third-order valence-electron chi connectivity index (χ3n) is 2.24. The topological polar surface area (TPSA) is 50.4 Å². The van der Waals surface area contributed by atoms with Gasteiger partial charge in [-0.3, -0.25) is 4.99 Å². The lowest BCUT2D eigenvalue weighted by atomic mass is 10.1. The van der Waals surface area contributed by atoms with Gasteiger partial charge < -0.3 is 11.1 Å². The number of hydrogen-bond acceptors (Lipinski definition) is 3. The predicted molar refractivity (Wildman–Crippen MR) is 45.3 cm³/mol. The minimum atomic E-state index is 0.611. The van der Waals surface area contributed by atoms with Crippen molar-refractivity contribution in [3.05, 3.63) is 11.8 Å². The van der Waals surface area contributed by atoms with Gasteiger partial charge in [0, 0.05) is 12.6 Å². The molecular formula is C8H13N3. The Morgan fingerprint density at radius 1 is 1.55 bits per heavy atom. The van der Waals surface area contributed by atoms with E-state index in [-0.39, 0.29) is 0 Å². The van der Waals surface area contributed by atoms with Crippen molar-refractivity contribution < 1.29 is 0 Å². The van der Waals surface area contributed by atoms with Gasteiger partial charge >= 0.3 is 0 Å². The van der Waals surface area contributed by atoms with Gasteiger partial charge in [-0.2, -0.15) is 0 Å². The van der Waals surface area contributed by atoms with Crippen LogP contribution in [0.4, 0.5) is 0 Å². The molecule has 0 radical (unpaired) electrons. The fraction of sp³-hybridized carbons (Fsp3) is 0.625. The van der Waals surface area contributed by atoms with Crippen LogP contribution >= 0.6 is 0 Å². The molecule has 2 bridgehead atoms. The van der Waals surface area contributed by atoms with Gasteiger partial charge in [0.1, 0.15) is 5.84 Å². The number of aliphatic imine (C=N–C) groups is 1. The van der Waals surface area contributed by atoms with Crippen molar-refractivity contribution in [2.75, 3.05) is 6.54 Å². The normalized spacial score (nSPS) is 29.6. The standard InChI is InChI=1S/C8H13N3/c9-7-3-1-2-6-4-5-10-8(7)11-6/h3,6H,1-2,4-5,9H2,(H,10,11). The van der Waals surface area contributed by atoms with Gasteiger partial charge in [-0.1, -0.05) is 6.08 Å². The quantitative estimate of drug-likeness (QED) is 0.526. The zero-order valence-corrected chi connectivity index (χ0v) is 6.51. The van der Waals surface area contributed by atoms with E-state index in [1.54, 1.807) is 0 Å². The van der Waals surface area contributed by atoms with Crippen molar-refractivity contribution >= 4 is 5.84 Å². The lowest BCUT2D eigenvalue weighted by molar-refractivity contribution is 0.519. The van der Waals surface area contributed by atoms with E-state index in [2.05, 4.69) is 16.4 Å². The molecule has 3 heteroatoms. The highest BCUT2D eigenvalue weighted by Crippen LogP contribution is 2.13. The molecule has 0 aromatic carbocycles. The second-order valence-electron chi connectivity index (χ2n) is 3.10. The van der Waals surface area contributed by atoms with Crippen molar-refractivity contribution in [1.82, 2.24) is 5.32 Å². The number of amidine groups is 1. The number of rotatable bonds is 0. The average Bonchev–Trinajstić information content (AvgIpc) is 2.14. The molecule has 0 aliphatic carbocycles. The summed E-state index contributed by atoms with van der Waals surface area (Å²) in [5.41, 5.74) is 6.58. The Morgan fingerprint density at radius 2 is 2.45 bits per heavy atom. The van der Waals surface area contributed by atoms with Crippen LogP contribution in [-0.4, -0.2) is 18.4 Å². The Bertz CT molecular complexity index is 217. The molecule has 0 fully saturated rings. The van der Waals surface area contributed by atoms with Crippen molar-refractivity contribution in [2.45, 2.75) is 25.3 Å². The van der Waals surface area contributed by atoms with Crippen molar-refractivity contribution in [1.29, 1.82) is 0 Å². The molecule has 3 nitrogen and oxygen atoms in total. The van der Waals surface area contributed by atoms with Gasteiger partial charge in [-0.05, 0) is 19.3 Å². The van der Waals surface area contributed by atoms with Crippen LogP contribution in [0, 0.1) is 0 Å². The summed E-state index contributed by atoms with van der Waals surface area (Å²) < 4.78 is 0. The third-order valence-corrected chi connectivity index (χ3v) is 2.24. The molecule has 2 heterocycles. The summed E-state index contributed by atoms with van der Waals surface area (Å²) >= 11 is 0. The molecule has 2 aliphatic rings. The highest BCUT2D eigenvalue weighted by Gasteiger charge is 2.18. The molecule has 0 saturated carbocycles. The van der Waals surface area contributed by atoms with E-state index in [4.69, 9.17) is 5.73 Å². The van der Waals surface area contributed by atoms with Crippen LogP contribution in [0.25, 0.3) is 0 Å². The lowest BCUT2D eigenvalue weighted by Crippen LogP contribution is -2.40. The van der Waals surface area contributed by atoms with Gasteiger partial charge in [0.25, 0.3) is 0 Å². The largest absolute Gasteiger partial charge is 0.396 e. The maximum atomic E-state index is 5.75. The van der Waals surface area contributed by atoms with Gasteiger partial charge in [-0.15, -0.1) is 0 Å². The highest BCUT2D eigenvalue weighted by atomic mass is 15.1. The van der Waals surface area contributed by atoms with E-state index >= 15 is 0 Å². The maximum Gasteiger partial charge on any atom is 0.144 e. The first-order valence-electron chi connectivity index (χ1n) is 4.13. The average molecular weight is 151 g/mol. The molecule has 0 saturated heterocycles. The van der Waals surface area contributed by atoms with E-state index in [1.165, 1.54) is 6.42 Å². The van der Waals surface area contributed by atoms with Crippen LogP contribution in [0.1, 0.15) is 19.3 Å². The van der Waals surface area contributed by atoms with Crippen LogP contribution in [0.5, 0.6) is 0 Å². The molecule has 11 heavy (non-hydrogen) atoms. The van der Waals surface area contributed by atoms with Gasteiger partial charge in [-0.25, -0.2) is 0 Å². The Kier molecular flexibility index (Phi) is 1.56. The summed E-state index contributed by atoms with van der Waals surface area (Å²) in [6.07, 6.45) is 5.50.